The van der Waals surface area contributed by atoms with Crippen molar-refractivity contribution in [3.05, 3.63) is 80.7 Å². The maximum Gasteiger partial charge on any atom is 0.335 e. The molecule has 0 spiro atoms. The fourth-order valence-corrected chi connectivity index (χ4v) is 4.58. The van der Waals surface area contributed by atoms with E-state index >= 15 is 0 Å². The van der Waals surface area contributed by atoms with Gasteiger partial charge in [-0.25, -0.2) is 14.1 Å². The summed E-state index contributed by atoms with van der Waals surface area (Å²) < 4.78 is 36.2. The molecule has 1 N–H and O–H groups in total. The molecule has 37 heavy (non-hydrogen) atoms. The van der Waals surface area contributed by atoms with E-state index in [1.54, 1.807) is 12.1 Å². The molecule has 1 fully saturated rings. The van der Waals surface area contributed by atoms with Gasteiger partial charge in [0.05, 0.1) is 16.4 Å². The lowest BCUT2D eigenvalue weighted by Crippen LogP contribution is -2.54. The van der Waals surface area contributed by atoms with Crippen molar-refractivity contribution >= 4 is 52.2 Å². The zero-order chi connectivity index (χ0) is 26.1. The Hall–Kier alpha value is -4.13. The smallest absolute Gasteiger partial charge is 0.335 e. The van der Waals surface area contributed by atoms with Gasteiger partial charge >= 0.3 is 6.03 Å². The van der Waals surface area contributed by atoms with Crippen molar-refractivity contribution < 1.29 is 37.7 Å². The van der Waals surface area contributed by atoms with Crippen LogP contribution in [0.1, 0.15) is 11.1 Å². The standard InChI is InChI=1S/C26H18FIN2O7/c1-34-22-11-15(9-19(28)23(22)35-12-14-2-7-20-21(10-14)37-13-36-20)8-18-24(31)29-26(33)30(25(18)32)17-5-3-16(27)4-6-17/h2-11H,12-13H2,1H3,(H,29,31,33)/b18-8+. The van der Waals surface area contributed by atoms with Crippen LogP contribution in [0.3, 0.4) is 0 Å². The molecule has 5 rings (SSSR count). The maximum atomic E-state index is 13.3. The van der Waals surface area contributed by atoms with Crippen LogP contribution in [0.4, 0.5) is 14.9 Å². The van der Waals surface area contributed by atoms with Crippen LogP contribution in [-0.4, -0.2) is 31.7 Å². The Bertz CT molecular complexity index is 1460. The summed E-state index contributed by atoms with van der Waals surface area (Å²) >= 11 is 2.07. The summed E-state index contributed by atoms with van der Waals surface area (Å²) in [5.74, 6) is -0.0198. The second-order valence-electron chi connectivity index (χ2n) is 7.94. The molecule has 2 heterocycles. The number of carbonyl (C=O) groups excluding carboxylic acids is 3. The number of hydrogen-bond acceptors (Lipinski definition) is 7. The molecular weight excluding hydrogens is 598 g/mol. The summed E-state index contributed by atoms with van der Waals surface area (Å²) in [6.07, 6.45) is 1.35. The quantitative estimate of drug-likeness (QED) is 0.249. The number of halogens is 2. The number of barbiturate groups is 1. The van der Waals surface area contributed by atoms with Crippen molar-refractivity contribution in [2.24, 2.45) is 0 Å². The van der Waals surface area contributed by atoms with E-state index in [0.717, 1.165) is 22.6 Å². The van der Waals surface area contributed by atoms with Gasteiger partial charge in [0.1, 0.15) is 18.0 Å². The third-order valence-corrected chi connectivity index (χ3v) is 6.37. The van der Waals surface area contributed by atoms with Crippen LogP contribution < -0.4 is 29.2 Å². The predicted octanol–water partition coefficient (Wildman–Crippen LogP) is 4.41. The number of nitrogens with zero attached hydrogens (tertiary/aromatic N) is 1. The molecule has 0 saturated carbocycles. The number of carbonyl (C=O) groups is 3. The number of methoxy groups -OCH3 is 1. The predicted molar refractivity (Wildman–Crippen MR) is 138 cm³/mol. The molecule has 188 valence electrons. The number of imide groups is 2. The number of benzene rings is 3. The fourth-order valence-electron chi connectivity index (χ4n) is 3.80. The largest absolute Gasteiger partial charge is 0.493 e. The molecular formula is C26H18FIN2O7. The first-order chi connectivity index (χ1) is 17.8. The molecule has 3 aromatic carbocycles. The second-order valence-corrected chi connectivity index (χ2v) is 9.11. The molecule has 11 heteroatoms. The Labute approximate surface area is 223 Å². The van der Waals surface area contributed by atoms with Crippen molar-refractivity contribution in [2.45, 2.75) is 6.61 Å². The zero-order valence-corrected chi connectivity index (χ0v) is 21.4. The maximum absolute atomic E-state index is 13.3. The van der Waals surface area contributed by atoms with Gasteiger partial charge in [0.25, 0.3) is 11.8 Å². The lowest BCUT2D eigenvalue weighted by Gasteiger charge is -2.26. The van der Waals surface area contributed by atoms with Gasteiger partial charge in [0.2, 0.25) is 6.79 Å². The Morgan fingerprint density at radius 3 is 2.57 bits per heavy atom. The number of anilines is 1. The second kappa shape index (κ2) is 10.1. The van der Waals surface area contributed by atoms with E-state index in [9.17, 15) is 18.8 Å². The topological polar surface area (TPSA) is 103 Å². The Balaban J connectivity index is 1.41. The highest BCUT2D eigenvalue weighted by Gasteiger charge is 2.37. The first-order valence-electron chi connectivity index (χ1n) is 10.9. The highest BCUT2D eigenvalue weighted by Crippen LogP contribution is 2.37. The third-order valence-electron chi connectivity index (χ3n) is 5.57. The molecule has 0 radical (unpaired) electrons. The number of urea groups is 1. The van der Waals surface area contributed by atoms with Crippen LogP contribution in [-0.2, 0) is 16.2 Å². The van der Waals surface area contributed by atoms with Gasteiger partial charge in [-0.05, 0) is 88.3 Å². The van der Waals surface area contributed by atoms with Crippen molar-refractivity contribution in [2.75, 3.05) is 18.8 Å². The van der Waals surface area contributed by atoms with Crippen LogP contribution in [0.5, 0.6) is 23.0 Å². The van der Waals surface area contributed by atoms with Crippen molar-refractivity contribution in [1.82, 2.24) is 5.32 Å². The number of rotatable bonds is 6. The highest BCUT2D eigenvalue weighted by atomic mass is 127. The minimum Gasteiger partial charge on any atom is -0.493 e. The molecule has 0 atom stereocenters. The van der Waals surface area contributed by atoms with E-state index in [4.69, 9.17) is 18.9 Å². The summed E-state index contributed by atoms with van der Waals surface area (Å²) in [5.41, 5.74) is 1.20. The summed E-state index contributed by atoms with van der Waals surface area (Å²) in [6, 6.07) is 12.7. The van der Waals surface area contributed by atoms with Gasteiger partial charge < -0.3 is 18.9 Å². The van der Waals surface area contributed by atoms with E-state index in [2.05, 4.69) is 27.9 Å². The van der Waals surface area contributed by atoms with Crippen molar-refractivity contribution in [3.8, 4) is 23.0 Å². The number of hydrogen-bond donors (Lipinski definition) is 1. The molecule has 0 aliphatic carbocycles. The van der Waals surface area contributed by atoms with Crippen molar-refractivity contribution in [3.63, 3.8) is 0 Å². The summed E-state index contributed by atoms with van der Waals surface area (Å²) in [7, 11) is 1.48. The monoisotopic (exact) mass is 616 g/mol. The number of fused-ring (bicyclic) bond motifs is 1. The Morgan fingerprint density at radius 1 is 1.05 bits per heavy atom. The van der Waals surface area contributed by atoms with Gasteiger partial charge in [-0.3, -0.25) is 14.9 Å². The number of amides is 4. The van der Waals surface area contributed by atoms with Crippen LogP contribution in [0.25, 0.3) is 6.08 Å². The van der Waals surface area contributed by atoms with Crippen LogP contribution >= 0.6 is 22.6 Å². The average molecular weight is 616 g/mol. The fraction of sp³-hybridized carbons (Fsp3) is 0.115. The van der Waals surface area contributed by atoms with E-state index < -0.39 is 23.7 Å². The molecule has 0 aromatic heterocycles. The normalized spacial score (nSPS) is 15.7. The summed E-state index contributed by atoms with van der Waals surface area (Å²) in [4.78, 5) is 38.7. The Kier molecular flexibility index (Phi) is 6.70. The minimum absolute atomic E-state index is 0.127. The lowest BCUT2D eigenvalue weighted by atomic mass is 10.1. The minimum atomic E-state index is -0.918. The van der Waals surface area contributed by atoms with Gasteiger partial charge in [-0.2, -0.15) is 0 Å². The molecule has 2 aliphatic heterocycles. The summed E-state index contributed by atoms with van der Waals surface area (Å²) in [5, 5.41) is 2.14. The molecule has 2 aliphatic rings. The average Bonchev–Trinajstić information content (AvgIpc) is 3.34. The number of ether oxygens (including phenoxy) is 4. The first kappa shape index (κ1) is 24.6. The van der Waals surface area contributed by atoms with E-state index in [-0.39, 0.29) is 24.7 Å². The Morgan fingerprint density at radius 2 is 1.81 bits per heavy atom. The van der Waals surface area contributed by atoms with Gasteiger partial charge in [-0.1, -0.05) is 6.07 Å². The van der Waals surface area contributed by atoms with Gasteiger partial charge in [0, 0.05) is 0 Å². The van der Waals surface area contributed by atoms with E-state index in [0.29, 0.717) is 32.1 Å². The zero-order valence-electron chi connectivity index (χ0n) is 19.2. The molecule has 0 unspecified atom stereocenters. The highest BCUT2D eigenvalue weighted by molar-refractivity contribution is 14.1. The summed E-state index contributed by atoms with van der Waals surface area (Å²) in [6.45, 7) is 0.414. The molecule has 9 nitrogen and oxygen atoms in total. The molecule has 1 saturated heterocycles. The van der Waals surface area contributed by atoms with Gasteiger partial charge in [-0.15, -0.1) is 0 Å². The third kappa shape index (κ3) is 4.94. The van der Waals surface area contributed by atoms with Crippen LogP contribution in [0, 0.1) is 9.39 Å². The number of nitrogens with one attached hydrogen (secondary N) is 1. The molecule has 4 amide bonds. The van der Waals surface area contributed by atoms with E-state index in [1.807, 2.05) is 18.2 Å². The van der Waals surface area contributed by atoms with E-state index in [1.165, 1.54) is 25.3 Å². The lowest BCUT2D eigenvalue weighted by molar-refractivity contribution is -0.122. The van der Waals surface area contributed by atoms with Gasteiger partial charge in [0.15, 0.2) is 23.0 Å². The van der Waals surface area contributed by atoms with Crippen LogP contribution in [0.2, 0.25) is 0 Å². The first-order valence-corrected chi connectivity index (χ1v) is 12.0. The van der Waals surface area contributed by atoms with Crippen LogP contribution in [0.15, 0.2) is 60.2 Å². The van der Waals surface area contributed by atoms with Crippen molar-refractivity contribution in [1.29, 1.82) is 0 Å². The SMILES string of the molecule is COc1cc(/C=C2\C(=O)NC(=O)N(c3ccc(F)cc3)C2=O)cc(I)c1OCc1ccc2c(c1)OCO2. The molecule has 0 bridgehead atoms. The molecule has 3 aromatic rings.